The van der Waals surface area contributed by atoms with Crippen molar-refractivity contribution in [3.63, 3.8) is 0 Å². The average molecular weight is 359 g/mol. The zero-order valence-corrected chi connectivity index (χ0v) is 14.3. The van der Waals surface area contributed by atoms with Crippen LogP contribution >= 0.6 is 11.8 Å². The summed E-state index contributed by atoms with van der Waals surface area (Å²) in [5.74, 6) is -0.898. The van der Waals surface area contributed by atoms with E-state index >= 15 is 0 Å². The van der Waals surface area contributed by atoms with Crippen LogP contribution in [0.3, 0.4) is 0 Å². The number of hydrogen-bond donors (Lipinski definition) is 3. The summed E-state index contributed by atoms with van der Waals surface area (Å²) in [6.45, 7) is 0. The predicted octanol–water partition coefficient (Wildman–Crippen LogP) is 2.77. The minimum Gasteiger partial charge on any atom is -0.481 e. The molecule has 3 rings (SSSR count). The number of hydrogen-bond acceptors (Lipinski definition) is 7. The van der Waals surface area contributed by atoms with Crippen LogP contribution in [0.4, 0.5) is 11.4 Å². The van der Waals surface area contributed by atoms with Gasteiger partial charge in [-0.1, -0.05) is 12.1 Å². The Kier molecular flexibility index (Phi) is 4.80. The number of anilines is 2. The minimum absolute atomic E-state index is 0.115. The summed E-state index contributed by atoms with van der Waals surface area (Å²) in [5, 5.41) is 15.8. The van der Waals surface area contributed by atoms with E-state index in [9.17, 15) is 14.7 Å². The van der Waals surface area contributed by atoms with Gasteiger partial charge in [0.05, 0.1) is 30.5 Å². The van der Waals surface area contributed by atoms with Crippen molar-refractivity contribution in [1.29, 1.82) is 0 Å². The molecule has 7 nitrogen and oxygen atoms in total. The molecule has 0 saturated carbocycles. The zero-order valence-electron chi connectivity index (χ0n) is 13.5. The fourth-order valence-electron chi connectivity index (χ4n) is 2.59. The third-order valence-corrected chi connectivity index (χ3v) is 5.02. The van der Waals surface area contributed by atoms with Gasteiger partial charge in [-0.05, 0) is 23.8 Å². The molecule has 0 radical (unpaired) electrons. The SMILES string of the molecule is COC(=O)c1cncc(CSC2(CC(=O)O)Nc3ccccc3N2)c1. The number of ether oxygens (including phenoxy) is 1. The van der Waals surface area contributed by atoms with Crippen LogP contribution in [0.5, 0.6) is 0 Å². The average Bonchev–Trinajstić information content (AvgIpc) is 2.97. The third-order valence-electron chi connectivity index (χ3n) is 3.70. The van der Waals surface area contributed by atoms with Crippen molar-refractivity contribution in [2.45, 2.75) is 17.2 Å². The highest BCUT2D eigenvalue weighted by Gasteiger charge is 2.38. The van der Waals surface area contributed by atoms with E-state index in [1.54, 1.807) is 12.3 Å². The molecule has 1 aliphatic rings. The lowest BCUT2D eigenvalue weighted by Crippen LogP contribution is -2.40. The van der Waals surface area contributed by atoms with Crippen LogP contribution in [0.25, 0.3) is 0 Å². The number of carboxylic acids is 1. The quantitative estimate of drug-likeness (QED) is 0.677. The van der Waals surface area contributed by atoms with Gasteiger partial charge in [0.25, 0.3) is 0 Å². The molecule has 0 bridgehead atoms. The van der Waals surface area contributed by atoms with Crippen molar-refractivity contribution < 1.29 is 19.4 Å². The van der Waals surface area contributed by atoms with Crippen LogP contribution in [-0.4, -0.2) is 34.1 Å². The molecule has 1 aromatic heterocycles. The van der Waals surface area contributed by atoms with Gasteiger partial charge in [0.15, 0.2) is 4.99 Å². The van der Waals surface area contributed by atoms with Gasteiger partial charge in [-0.25, -0.2) is 4.79 Å². The van der Waals surface area contributed by atoms with E-state index < -0.39 is 16.9 Å². The summed E-state index contributed by atoms with van der Waals surface area (Å²) in [6.07, 6.45) is 2.97. The van der Waals surface area contributed by atoms with E-state index in [-0.39, 0.29) is 6.42 Å². The maximum absolute atomic E-state index is 11.6. The van der Waals surface area contributed by atoms with Crippen molar-refractivity contribution in [3.8, 4) is 0 Å². The topological polar surface area (TPSA) is 101 Å². The zero-order chi connectivity index (χ0) is 17.9. The van der Waals surface area contributed by atoms with E-state index in [0.717, 1.165) is 16.9 Å². The number of aromatic nitrogens is 1. The van der Waals surface area contributed by atoms with Gasteiger partial charge in [-0.3, -0.25) is 9.78 Å². The number of nitrogens with one attached hydrogen (secondary N) is 2. The Hall–Kier alpha value is -2.74. The molecule has 0 aliphatic carbocycles. The molecule has 0 unspecified atom stereocenters. The number of para-hydroxylation sites is 2. The number of carbonyl (C=O) groups excluding carboxylic acids is 1. The third kappa shape index (κ3) is 3.85. The largest absolute Gasteiger partial charge is 0.481 e. The number of aliphatic carboxylic acids is 1. The van der Waals surface area contributed by atoms with Gasteiger partial charge in [0.2, 0.25) is 0 Å². The lowest BCUT2D eigenvalue weighted by molar-refractivity contribution is -0.137. The van der Waals surface area contributed by atoms with Gasteiger partial charge in [-0.2, -0.15) is 0 Å². The Morgan fingerprint density at radius 2 is 1.92 bits per heavy atom. The van der Waals surface area contributed by atoms with Crippen LogP contribution in [0.15, 0.2) is 42.7 Å². The second kappa shape index (κ2) is 7.02. The normalized spacial score (nSPS) is 14.1. The standard InChI is InChI=1S/C17H17N3O4S/c1-24-16(23)12-6-11(8-18-9-12)10-25-17(7-15(21)22)19-13-4-2-3-5-14(13)20-17/h2-6,8-9,19-20H,7,10H2,1H3,(H,21,22). The van der Waals surface area contributed by atoms with Crippen LogP contribution in [-0.2, 0) is 15.3 Å². The van der Waals surface area contributed by atoms with Gasteiger partial charge < -0.3 is 20.5 Å². The Labute approximate surface area is 148 Å². The molecule has 1 aliphatic heterocycles. The predicted molar refractivity (Wildman–Crippen MR) is 95.5 cm³/mol. The smallest absolute Gasteiger partial charge is 0.339 e. The van der Waals surface area contributed by atoms with Gasteiger partial charge >= 0.3 is 11.9 Å². The van der Waals surface area contributed by atoms with E-state index in [1.807, 2.05) is 24.3 Å². The maximum atomic E-state index is 11.6. The first-order valence-corrected chi connectivity index (χ1v) is 8.53. The second-order valence-corrected chi connectivity index (χ2v) is 6.83. The van der Waals surface area contributed by atoms with Crippen molar-refractivity contribution in [1.82, 2.24) is 4.98 Å². The van der Waals surface area contributed by atoms with E-state index in [4.69, 9.17) is 4.74 Å². The lowest BCUT2D eigenvalue weighted by atomic mass is 10.2. The molecule has 0 atom stereocenters. The monoisotopic (exact) mass is 359 g/mol. The first-order chi connectivity index (χ1) is 12.0. The number of benzene rings is 1. The van der Waals surface area contributed by atoms with Crippen molar-refractivity contribution in [3.05, 3.63) is 53.9 Å². The Balaban J connectivity index is 1.77. The Bertz CT molecular complexity index is 787. The fourth-order valence-corrected chi connectivity index (χ4v) is 3.76. The molecular formula is C17H17N3O4S. The van der Waals surface area contributed by atoms with E-state index in [0.29, 0.717) is 11.3 Å². The fraction of sp³-hybridized carbons (Fsp3) is 0.235. The first-order valence-electron chi connectivity index (χ1n) is 7.55. The molecule has 0 fully saturated rings. The number of fused-ring (bicyclic) bond motifs is 1. The minimum atomic E-state index is -0.915. The summed E-state index contributed by atoms with van der Waals surface area (Å²) in [5.41, 5.74) is 2.89. The summed E-state index contributed by atoms with van der Waals surface area (Å²) >= 11 is 1.40. The number of rotatable bonds is 6. The molecule has 0 saturated heterocycles. The number of pyridine rings is 1. The molecular weight excluding hydrogens is 342 g/mol. The number of nitrogens with zero attached hydrogens (tertiary/aromatic N) is 1. The number of esters is 1. The van der Waals surface area contributed by atoms with Crippen LogP contribution in [0.2, 0.25) is 0 Å². The highest BCUT2D eigenvalue weighted by molar-refractivity contribution is 8.00. The molecule has 2 heterocycles. The van der Waals surface area contributed by atoms with E-state index in [1.165, 1.54) is 25.1 Å². The second-order valence-electron chi connectivity index (χ2n) is 5.56. The molecule has 0 amide bonds. The molecule has 3 N–H and O–H groups in total. The van der Waals surface area contributed by atoms with E-state index in [2.05, 4.69) is 15.6 Å². The number of carboxylic acid groups (broad SMARTS) is 1. The Morgan fingerprint density at radius 1 is 1.24 bits per heavy atom. The Morgan fingerprint density at radius 3 is 2.52 bits per heavy atom. The highest BCUT2D eigenvalue weighted by Crippen LogP contribution is 2.42. The van der Waals surface area contributed by atoms with Crippen molar-refractivity contribution >= 4 is 35.1 Å². The molecule has 1 aromatic carbocycles. The number of thioether (sulfide) groups is 1. The number of methoxy groups -OCH3 is 1. The van der Waals surface area contributed by atoms with Crippen LogP contribution in [0, 0.1) is 0 Å². The molecule has 2 aromatic rings. The molecule has 8 heteroatoms. The lowest BCUT2D eigenvalue weighted by Gasteiger charge is -2.28. The maximum Gasteiger partial charge on any atom is 0.339 e. The van der Waals surface area contributed by atoms with Crippen molar-refractivity contribution in [2.24, 2.45) is 0 Å². The molecule has 0 spiro atoms. The van der Waals surface area contributed by atoms with Crippen molar-refractivity contribution in [2.75, 3.05) is 17.7 Å². The highest BCUT2D eigenvalue weighted by atomic mass is 32.2. The van der Waals surface area contributed by atoms with Crippen LogP contribution < -0.4 is 10.6 Å². The van der Waals surface area contributed by atoms with Gasteiger partial charge in [0.1, 0.15) is 0 Å². The van der Waals surface area contributed by atoms with Crippen LogP contribution in [0.1, 0.15) is 22.3 Å². The summed E-state index contributed by atoms with van der Waals surface area (Å²) in [4.78, 5) is 26.1. The molecule has 130 valence electrons. The summed E-state index contributed by atoms with van der Waals surface area (Å²) < 4.78 is 4.70. The van der Waals surface area contributed by atoms with Gasteiger partial charge in [-0.15, -0.1) is 11.8 Å². The first kappa shape index (κ1) is 17.1. The number of carbonyl (C=O) groups is 2. The summed E-state index contributed by atoms with van der Waals surface area (Å²) in [7, 11) is 1.31. The van der Waals surface area contributed by atoms with Gasteiger partial charge in [0, 0.05) is 18.1 Å². The summed E-state index contributed by atoms with van der Waals surface area (Å²) in [6, 6.07) is 9.26. The molecule has 25 heavy (non-hydrogen) atoms.